The van der Waals surface area contributed by atoms with Gasteiger partial charge in [0, 0.05) is 0 Å². The fraction of sp³-hybridized carbons (Fsp3) is 0.200. The van der Waals surface area contributed by atoms with Crippen LogP contribution in [-0.4, -0.2) is 12.2 Å². The van der Waals surface area contributed by atoms with Crippen molar-refractivity contribution in [3.8, 4) is 11.5 Å². The Morgan fingerprint density at radius 3 is 2.33 bits per heavy atom. The molecule has 0 radical (unpaired) electrons. The molecule has 3 heteroatoms. The summed E-state index contributed by atoms with van der Waals surface area (Å²) < 4.78 is 10.1. The lowest BCUT2D eigenvalue weighted by atomic mass is 10.2. The number of benzene rings is 2. The predicted octanol–water partition coefficient (Wildman–Crippen LogP) is 2.77. The van der Waals surface area contributed by atoms with Crippen LogP contribution < -0.4 is 9.47 Å². The lowest BCUT2D eigenvalue weighted by molar-refractivity contribution is 0.281. The van der Waals surface area contributed by atoms with E-state index in [0.29, 0.717) is 0 Å². The largest absolute Gasteiger partial charge is 0.497 e. The van der Waals surface area contributed by atoms with E-state index in [4.69, 9.17) is 14.6 Å². The molecule has 0 atom stereocenters. The van der Waals surface area contributed by atoms with Gasteiger partial charge in [-0.15, -0.1) is 0 Å². The van der Waals surface area contributed by atoms with E-state index in [1.54, 1.807) is 13.2 Å². The maximum atomic E-state index is 8.70. The fourth-order valence-corrected chi connectivity index (χ4v) is 1.62. The number of hydrogen-bond donors (Lipinski definition) is 1. The van der Waals surface area contributed by atoms with Crippen LogP contribution in [0.2, 0.25) is 0 Å². The second-order valence-electron chi connectivity index (χ2n) is 3.94. The topological polar surface area (TPSA) is 38.7 Å². The third-order valence-corrected chi connectivity index (χ3v) is 2.65. The molecular weight excluding hydrogens is 228 g/mol. The van der Waals surface area contributed by atoms with Crippen molar-refractivity contribution in [2.75, 3.05) is 7.11 Å². The Hall–Kier alpha value is -2.00. The molecule has 2 aliphatic rings. The zero-order valence-corrected chi connectivity index (χ0v) is 10.3. The Labute approximate surface area is 107 Å². The molecule has 1 N–H and O–H groups in total. The van der Waals surface area contributed by atoms with Gasteiger partial charge in [0.05, 0.1) is 13.7 Å². The van der Waals surface area contributed by atoms with Gasteiger partial charge in [-0.2, -0.15) is 0 Å². The summed E-state index contributed by atoms with van der Waals surface area (Å²) in [7, 11) is 1.61. The first-order valence-electron chi connectivity index (χ1n) is 5.77. The van der Waals surface area contributed by atoms with E-state index in [9.17, 15) is 0 Å². The predicted molar refractivity (Wildman–Crippen MR) is 69.7 cm³/mol. The van der Waals surface area contributed by atoms with Gasteiger partial charge in [0.2, 0.25) is 0 Å². The molecule has 0 unspecified atom stereocenters. The summed E-state index contributed by atoms with van der Waals surface area (Å²) in [5.74, 6) is 1.77. The molecule has 2 aliphatic heterocycles. The normalized spacial score (nSPS) is 11.2. The zero-order chi connectivity index (χ0) is 12.8. The highest BCUT2D eigenvalue weighted by Gasteiger charge is 2.01. The van der Waals surface area contributed by atoms with Gasteiger partial charge in [-0.1, -0.05) is 24.3 Å². The van der Waals surface area contributed by atoms with E-state index in [-0.39, 0.29) is 6.61 Å². The fourth-order valence-electron chi connectivity index (χ4n) is 1.62. The van der Waals surface area contributed by atoms with Gasteiger partial charge in [0.15, 0.2) is 0 Å². The number of hydrogen-bond acceptors (Lipinski definition) is 3. The highest BCUT2D eigenvalue weighted by atomic mass is 16.5. The zero-order valence-electron chi connectivity index (χ0n) is 10.3. The van der Waals surface area contributed by atoms with Crippen LogP contribution in [0.25, 0.3) is 0 Å². The molecule has 2 bridgehead atoms. The molecular formula is C15H16O3. The second kappa shape index (κ2) is 6.07. The van der Waals surface area contributed by atoms with E-state index in [1.165, 1.54) is 5.56 Å². The Bertz CT molecular complexity index is 449. The Morgan fingerprint density at radius 2 is 1.94 bits per heavy atom. The summed E-state index contributed by atoms with van der Waals surface area (Å²) >= 11 is 0. The van der Waals surface area contributed by atoms with Gasteiger partial charge in [-0.3, -0.25) is 0 Å². The van der Waals surface area contributed by atoms with Crippen LogP contribution in [0.5, 0.6) is 11.5 Å². The average Bonchev–Trinajstić information content (AvgIpc) is 2.50. The van der Waals surface area contributed by atoms with Crippen molar-refractivity contribution < 1.29 is 14.6 Å². The summed E-state index contributed by atoms with van der Waals surface area (Å²) in [5, 5.41) is 8.70. The van der Waals surface area contributed by atoms with Gasteiger partial charge in [0.25, 0.3) is 0 Å². The molecule has 0 saturated carbocycles. The van der Waals surface area contributed by atoms with Crippen LogP contribution in [0.1, 0.15) is 11.1 Å². The molecule has 0 aliphatic carbocycles. The lowest BCUT2D eigenvalue weighted by Crippen LogP contribution is -2.00. The van der Waals surface area contributed by atoms with Crippen LogP contribution in [0.3, 0.4) is 0 Å². The van der Waals surface area contributed by atoms with Crippen LogP contribution in [0.15, 0.2) is 48.5 Å². The molecule has 0 fully saturated rings. The molecule has 3 nitrogen and oxygen atoms in total. The van der Waals surface area contributed by atoms with Crippen molar-refractivity contribution in [2.45, 2.75) is 13.2 Å². The van der Waals surface area contributed by atoms with Crippen molar-refractivity contribution in [1.82, 2.24) is 0 Å². The third kappa shape index (κ3) is 3.25. The first-order chi connectivity index (χ1) is 8.81. The van der Waals surface area contributed by atoms with E-state index in [1.807, 2.05) is 30.3 Å². The van der Waals surface area contributed by atoms with Crippen LogP contribution in [-0.2, 0) is 13.2 Å². The minimum atomic E-state index is 0.0667. The number of methoxy groups -OCH3 is 1. The van der Waals surface area contributed by atoms with Gasteiger partial charge in [-0.25, -0.2) is 0 Å². The maximum absolute atomic E-state index is 8.70. The number of rotatable bonds is 2. The first-order valence-corrected chi connectivity index (χ1v) is 5.77. The SMILES string of the molecule is COc1cccc(CO)c1.c1cc2ccc1CO2. The Morgan fingerprint density at radius 1 is 1.17 bits per heavy atom. The monoisotopic (exact) mass is 244 g/mol. The summed E-state index contributed by atoms with van der Waals surface area (Å²) in [5.41, 5.74) is 2.14. The molecule has 0 spiro atoms. The minimum Gasteiger partial charge on any atom is -0.497 e. The third-order valence-electron chi connectivity index (χ3n) is 2.65. The molecule has 2 aromatic carbocycles. The van der Waals surface area contributed by atoms with E-state index in [2.05, 4.69) is 12.1 Å². The van der Waals surface area contributed by atoms with Crippen molar-refractivity contribution in [3.05, 3.63) is 59.7 Å². The van der Waals surface area contributed by atoms with Crippen LogP contribution in [0, 0.1) is 0 Å². The van der Waals surface area contributed by atoms with Crippen molar-refractivity contribution >= 4 is 0 Å². The Kier molecular flexibility index (Phi) is 4.20. The second-order valence-corrected chi connectivity index (χ2v) is 3.94. The molecule has 4 rings (SSSR count). The smallest absolute Gasteiger partial charge is 0.119 e. The summed E-state index contributed by atoms with van der Waals surface area (Å²) in [6, 6.07) is 15.5. The lowest BCUT2D eigenvalue weighted by Gasteiger charge is -2.11. The highest BCUT2D eigenvalue weighted by Crippen LogP contribution is 2.19. The molecule has 94 valence electrons. The van der Waals surface area contributed by atoms with Crippen molar-refractivity contribution in [1.29, 1.82) is 0 Å². The summed E-state index contributed by atoms with van der Waals surface area (Å²) in [6.45, 7) is 0.833. The van der Waals surface area contributed by atoms with Gasteiger partial charge in [0.1, 0.15) is 18.1 Å². The molecule has 2 heterocycles. The average molecular weight is 244 g/mol. The molecule has 2 aromatic rings. The first kappa shape index (κ1) is 12.5. The molecule has 0 aromatic heterocycles. The molecule has 0 amide bonds. The number of aliphatic hydroxyl groups excluding tert-OH is 1. The summed E-state index contributed by atoms with van der Waals surface area (Å²) in [6.07, 6.45) is 0. The van der Waals surface area contributed by atoms with Crippen molar-refractivity contribution in [2.24, 2.45) is 0 Å². The standard InChI is InChI=1S/C8H10O2.C7H6O/c1-10-8-4-2-3-7(5-8)6-9;1-3-7-4-2-6(1)5-8-7/h2-5,9H,6H2,1H3;1-4H,5H2. The van der Waals surface area contributed by atoms with E-state index < -0.39 is 0 Å². The van der Waals surface area contributed by atoms with Gasteiger partial charge >= 0.3 is 0 Å². The van der Waals surface area contributed by atoms with E-state index in [0.717, 1.165) is 23.7 Å². The Balaban J connectivity index is 0.000000136. The van der Waals surface area contributed by atoms with Crippen LogP contribution in [0.4, 0.5) is 0 Å². The quantitative estimate of drug-likeness (QED) is 0.882. The molecule has 18 heavy (non-hydrogen) atoms. The van der Waals surface area contributed by atoms with Crippen molar-refractivity contribution in [3.63, 3.8) is 0 Å². The van der Waals surface area contributed by atoms with Crippen LogP contribution >= 0.6 is 0 Å². The van der Waals surface area contributed by atoms with E-state index >= 15 is 0 Å². The number of ether oxygens (including phenoxy) is 2. The number of fused-ring (bicyclic) bond motifs is 3. The van der Waals surface area contributed by atoms with Gasteiger partial charge < -0.3 is 14.6 Å². The highest BCUT2D eigenvalue weighted by molar-refractivity contribution is 5.30. The summed E-state index contributed by atoms with van der Waals surface area (Å²) in [4.78, 5) is 0. The number of aliphatic hydroxyl groups is 1. The molecule has 0 saturated heterocycles. The van der Waals surface area contributed by atoms with Gasteiger partial charge in [-0.05, 0) is 35.4 Å². The minimum absolute atomic E-state index is 0.0667. The maximum Gasteiger partial charge on any atom is 0.119 e.